The molecule has 114 valence electrons. The second-order valence-corrected chi connectivity index (χ2v) is 5.77. The first-order chi connectivity index (χ1) is 10.2. The number of hydrogen-bond donors (Lipinski definition) is 1. The summed E-state index contributed by atoms with van der Waals surface area (Å²) in [5.74, 6) is -0.240. The first-order valence-corrected chi connectivity index (χ1v) is 8.04. The van der Waals surface area contributed by atoms with E-state index in [1.54, 1.807) is 18.3 Å². The number of nitrogens with zero attached hydrogens (tertiary/aromatic N) is 3. The fourth-order valence-electron chi connectivity index (χ4n) is 2.28. The predicted molar refractivity (Wildman–Crippen MR) is 84.5 cm³/mol. The van der Waals surface area contributed by atoms with E-state index in [9.17, 15) is 4.39 Å². The number of benzene rings is 1. The second kappa shape index (κ2) is 7.66. The molecule has 21 heavy (non-hydrogen) atoms. The Balaban J connectivity index is 2.42. The summed E-state index contributed by atoms with van der Waals surface area (Å²) in [4.78, 5) is 0. The summed E-state index contributed by atoms with van der Waals surface area (Å²) in [5, 5.41) is 11.5. The minimum atomic E-state index is -0.246. The van der Waals surface area contributed by atoms with Crippen LogP contribution in [0.15, 0.2) is 28.9 Å². The van der Waals surface area contributed by atoms with Crippen LogP contribution >= 0.6 is 15.9 Å². The van der Waals surface area contributed by atoms with Crippen molar-refractivity contribution in [2.45, 2.75) is 39.3 Å². The highest BCUT2D eigenvalue weighted by molar-refractivity contribution is 9.10. The van der Waals surface area contributed by atoms with Crippen molar-refractivity contribution in [2.24, 2.45) is 0 Å². The van der Waals surface area contributed by atoms with Crippen molar-refractivity contribution in [1.29, 1.82) is 0 Å². The Morgan fingerprint density at radius 3 is 2.86 bits per heavy atom. The summed E-state index contributed by atoms with van der Waals surface area (Å²) in [6.07, 6.45) is 3.64. The number of aryl methyl sites for hydroxylation is 1. The van der Waals surface area contributed by atoms with Crippen LogP contribution in [-0.4, -0.2) is 21.5 Å². The molecule has 0 radical (unpaired) electrons. The molecule has 6 heteroatoms. The molecule has 1 aromatic carbocycles. The van der Waals surface area contributed by atoms with E-state index in [4.69, 9.17) is 0 Å². The van der Waals surface area contributed by atoms with Gasteiger partial charge < -0.3 is 5.32 Å². The third-order valence-corrected chi connectivity index (χ3v) is 3.88. The lowest BCUT2D eigenvalue weighted by molar-refractivity contribution is 0.488. The van der Waals surface area contributed by atoms with Crippen LogP contribution in [0.5, 0.6) is 0 Å². The van der Waals surface area contributed by atoms with Crippen LogP contribution in [0.4, 0.5) is 4.39 Å². The van der Waals surface area contributed by atoms with Gasteiger partial charge in [0.2, 0.25) is 0 Å². The molecule has 1 unspecified atom stereocenters. The number of aromatic nitrogens is 3. The maximum Gasteiger partial charge on any atom is 0.142 e. The van der Waals surface area contributed by atoms with Crippen LogP contribution in [0.1, 0.15) is 44.0 Å². The lowest BCUT2D eigenvalue weighted by atomic mass is 10.0. The normalized spacial score (nSPS) is 12.6. The molecule has 0 bridgehead atoms. The molecule has 1 aromatic heterocycles. The Hall–Kier alpha value is -1.27. The van der Waals surface area contributed by atoms with Crippen molar-refractivity contribution in [1.82, 2.24) is 20.3 Å². The van der Waals surface area contributed by atoms with Crippen molar-refractivity contribution in [2.75, 3.05) is 6.54 Å². The number of hydrogen-bond acceptors (Lipinski definition) is 3. The van der Waals surface area contributed by atoms with E-state index in [0.717, 1.165) is 31.6 Å². The van der Waals surface area contributed by atoms with Crippen LogP contribution in [0.3, 0.4) is 0 Å². The molecule has 0 aliphatic rings. The summed E-state index contributed by atoms with van der Waals surface area (Å²) < 4.78 is 16.8. The second-order valence-electron chi connectivity index (χ2n) is 4.91. The Bertz CT molecular complexity index is 585. The molecule has 1 heterocycles. The van der Waals surface area contributed by atoms with Gasteiger partial charge >= 0.3 is 0 Å². The van der Waals surface area contributed by atoms with E-state index < -0.39 is 0 Å². The van der Waals surface area contributed by atoms with E-state index in [2.05, 4.69) is 45.4 Å². The third-order valence-electron chi connectivity index (χ3n) is 3.27. The quantitative estimate of drug-likeness (QED) is 0.824. The van der Waals surface area contributed by atoms with Crippen molar-refractivity contribution >= 4 is 15.9 Å². The van der Waals surface area contributed by atoms with Gasteiger partial charge in [0.05, 0.1) is 22.4 Å². The highest BCUT2D eigenvalue weighted by atomic mass is 79.9. The molecule has 2 aromatic rings. The minimum Gasteiger partial charge on any atom is -0.305 e. The zero-order chi connectivity index (χ0) is 15.2. The lowest BCUT2D eigenvalue weighted by Gasteiger charge is -2.20. The maximum atomic E-state index is 14.5. The fraction of sp³-hybridized carbons (Fsp3) is 0.467. The molecular weight excluding hydrogens is 335 g/mol. The zero-order valence-corrected chi connectivity index (χ0v) is 13.9. The van der Waals surface area contributed by atoms with E-state index in [0.29, 0.717) is 10.0 Å². The monoisotopic (exact) mass is 354 g/mol. The van der Waals surface area contributed by atoms with Crippen LogP contribution in [0, 0.1) is 5.82 Å². The van der Waals surface area contributed by atoms with Gasteiger partial charge in [-0.1, -0.05) is 31.2 Å². The Labute approximate surface area is 132 Å². The highest BCUT2D eigenvalue weighted by Gasteiger charge is 2.22. The van der Waals surface area contributed by atoms with Gasteiger partial charge in [0.1, 0.15) is 5.82 Å². The van der Waals surface area contributed by atoms with Gasteiger partial charge in [-0.15, -0.1) is 5.10 Å². The number of nitrogens with one attached hydrogen (secondary N) is 1. The molecule has 0 fully saturated rings. The highest BCUT2D eigenvalue weighted by Crippen LogP contribution is 2.28. The molecule has 0 saturated heterocycles. The molecule has 0 aliphatic heterocycles. The molecule has 0 amide bonds. The van der Waals surface area contributed by atoms with Gasteiger partial charge in [0, 0.05) is 12.1 Å². The van der Waals surface area contributed by atoms with Crippen molar-refractivity contribution < 1.29 is 4.39 Å². The Morgan fingerprint density at radius 2 is 2.14 bits per heavy atom. The SMILES string of the molecule is CCCNC(c1cccc(Br)c1F)c1cnnn1CCC. The van der Waals surface area contributed by atoms with Crippen molar-refractivity contribution in [3.8, 4) is 0 Å². The summed E-state index contributed by atoms with van der Waals surface area (Å²) in [5.41, 5.74) is 1.50. The first kappa shape index (κ1) is 16.1. The van der Waals surface area contributed by atoms with Crippen molar-refractivity contribution in [3.05, 3.63) is 45.9 Å². The van der Waals surface area contributed by atoms with Gasteiger partial charge in [-0.05, 0) is 41.4 Å². The lowest BCUT2D eigenvalue weighted by Crippen LogP contribution is -2.26. The molecular formula is C15H20BrFN4. The van der Waals surface area contributed by atoms with Gasteiger partial charge in [-0.2, -0.15) is 0 Å². The van der Waals surface area contributed by atoms with Crippen LogP contribution < -0.4 is 5.32 Å². The average molecular weight is 355 g/mol. The van der Waals surface area contributed by atoms with Gasteiger partial charge in [0.25, 0.3) is 0 Å². The summed E-state index contributed by atoms with van der Waals surface area (Å²) in [6, 6.07) is 5.11. The van der Waals surface area contributed by atoms with E-state index in [1.165, 1.54) is 0 Å². The fourth-order valence-corrected chi connectivity index (χ4v) is 2.66. The summed E-state index contributed by atoms with van der Waals surface area (Å²) in [7, 11) is 0. The molecule has 0 aliphatic carbocycles. The summed E-state index contributed by atoms with van der Waals surface area (Å²) in [6.45, 7) is 5.74. The smallest absolute Gasteiger partial charge is 0.142 e. The molecule has 0 spiro atoms. The van der Waals surface area contributed by atoms with Gasteiger partial charge in [-0.25, -0.2) is 9.07 Å². The summed E-state index contributed by atoms with van der Waals surface area (Å²) >= 11 is 3.25. The molecule has 4 nitrogen and oxygen atoms in total. The Morgan fingerprint density at radius 1 is 1.33 bits per heavy atom. The topological polar surface area (TPSA) is 42.7 Å². The van der Waals surface area contributed by atoms with Crippen LogP contribution in [0.2, 0.25) is 0 Å². The first-order valence-electron chi connectivity index (χ1n) is 7.24. The van der Waals surface area contributed by atoms with Crippen molar-refractivity contribution in [3.63, 3.8) is 0 Å². The van der Waals surface area contributed by atoms with Gasteiger partial charge in [-0.3, -0.25) is 0 Å². The predicted octanol–water partition coefficient (Wildman–Crippen LogP) is 3.68. The number of halogens is 2. The molecule has 0 saturated carbocycles. The molecule has 1 atom stereocenters. The van der Waals surface area contributed by atoms with Crippen LogP contribution in [0.25, 0.3) is 0 Å². The van der Waals surface area contributed by atoms with E-state index in [1.807, 2.05) is 10.7 Å². The number of rotatable bonds is 7. The Kier molecular flexibility index (Phi) is 5.87. The average Bonchev–Trinajstić information content (AvgIpc) is 2.92. The van der Waals surface area contributed by atoms with E-state index in [-0.39, 0.29) is 11.9 Å². The van der Waals surface area contributed by atoms with E-state index >= 15 is 0 Å². The standard InChI is InChI=1S/C15H20BrFN4/c1-3-8-18-15(11-6-5-7-12(16)14(11)17)13-10-19-20-21(13)9-4-2/h5-7,10,15,18H,3-4,8-9H2,1-2H3. The zero-order valence-electron chi connectivity index (χ0n) is 12.3. The van der Waals surface area contributed by atoms with Crippen LogP contribution in [-0.2, 0) is 6.54 Å². The largest absolute Gasteiger partial charge is 0.305 e. The maximum absolute atomic E-state index is 14.5. The molecule has 1 N–H and O–H groups in total. The third kappa shape index (κ3) is 3.68. The minimum absolute atomic E-state index is 0.240. The van der Waals surface area contributed by atoms with Gasteiger partial charge in [0.15, 0.2) is 0 Å². The molecule has 2 rings (SSSR count).